The number of anilines is 2. The number of benzene rings is 3. The topological polar surface area (TPSA) is 102 Å². The highest BCUT2D eigenvalue weighted by Gasteiger charge is 2.37. The molecule has 0 spiro atoms. The lowest BCUT2D eigenvalue weighted by Gasteiger charge is -2.20. The number of rotatable bonds is 7. The molecule has 9 heteroatoms. The first-order valence-corrected chi connectivity index (χ1v) is 12.6. The summed E-state index contributed by atoms with van der Waals surface area (Å²) in [5.41, 5.74) is 5.57. The molecule has 6 rings (SSSR count). The van der Waals surface area contributed by atoms with Crippen molar-refractivity contribution < 1.29 is 14.0 Å². The predicted octanol–water partition coefficient (Wildman–Crippen LogP) is 4.06. The van der Waals surface area contributed by atoms with Crippen LogP contribution in [0.5, 0.6) is 0 Å². The van der Waals surface area contributed by atoms with E-state index in [2.05, 4.69) is 25.6 Å². The van der Waals surface area contributed by atoms with Gasteiger partial charge >= 0.3 is 0 Å². The number of carbonyl (C=O) groups excluding carboxylic acids is 2. The number of aliphatic imine (C=N–C) groups is 1. The van der Waals surface area contributed by atoms with Crippen molar-refractivity contribution in [3.05, 3.63) is 119 Å². The Morgan fingerprint density at radius 3 is 2.74 bits per heavy atom. The number of aromatic amines is 1. The quantitative estimate of drug-likeness (QED) is 0.320. The van der Waals surface area contributed by atoms with Gasteiger partial charge in [0.05, 0.1) is 30.0 Å². The number of H-pyrrole nitrogens is 1. The summed E-state index contributed by atoms with van der Waals surface area (Å²) in [4.78, 5) is 39.9. The third kappa shape index (κ3) is 4.82. The molecule has 2 aliphatic heterocycles. The van der Waals surface area contributed by atoms with Gasteiger partial charge in [-0.15, -0.1) is 0 Å². The number of hydrogen-bond acceptors (Lipinski definition) is 5. The summed E-state index contributed by atoms with van der Waals surface area (Å²) in [6, 6.07) is 19.6. The molecule has 0 aliphatic carbocycles. The number of nitrogens with zero attached hydrogens (tertiary/aromatic N) is 3. The second kappa shape index (κ2) is 10.4. The summed E-state index contributed by atoms with van der Waals surface area (Å²) in [7, 11) is 0. The molecule has 3 aromatic carbocycles. The zero-order valence-electron chi connectivity index (χ0n) is 20.9. The van der Waals surface area contributed by atoms with Crippen molar-refractivity contribution in [3.8, 4) is 0 Å². The summed E-state index contributed by atoms with van der Waals surface area (Å²) in [6.07, 6.45) is 5.88. The molecule has 4 aromatic rings. The number of imidazole rings is 1. The molecule has 0 saturated carbocycles. The molecule has 2 aliphatic rings. The maximum Gasteiger partial charge on any atom is 0.272 e. The van der Waals surface area contributed by atoms with Gasteiger partial charge in [-0.05, 0) is 41.8 Å². The van der Waals surface area contributed by atoms with Crippen LogP contribution >= 0.6 is 0 Å². The van der Waals surface area contributed by atoms with E-state index >= 15 is 0 Å². The molecular weight excluding hydrogens is 495 g/mol. The van der Waals surface area contributed by atoms with Crippen LogP contribution in [-0.4, -0.2) is 40.2 Å². The average molecular weight is 521 g/mol. The number of amides is 2. The Bertz CT molecular complexity index is 1610. The Kier molecular flexibility index (Phi) is 6.46. The summed E-state index contributed by atoms with van der Waals surface area (Å²) < 4.78 is 14.9. The van der Waals surface area contributed by atoms with Crippen molar-refractivity contribution in [3.63, 3.8) is 0 Å². The van der Waals surface area contributed by atoms with Crippen molar-refractivity contribution in [2.75, 3.05) is 16.8 Å². The van der Waals surface area contributed by atoms with Crippen LogP contribution in [0.2, 0.25) is 0 Å². The van der Waals surface area contributed by atoms with Gasteiger partial charge in [0.25, 0.3) is 5.91 Å². The van der Waals surface area contributed by atoms with Crippen LogP contribution in [0.25, 0.3) is 6.08 Å². The van der Waals surface area contributed by atoms with Gasteiger partial charge in [0.1, 0.15) is 5.82 Å². The van der Waals surface area contributed by atoms with Crippen molar-refractivity contribution in [2.45, 2.75) is 19.1 Å². The molecule has 39 heavy (non-hydrogen) atoms. The minimum Gasteiger partial charge on any atom is -0.379 e. The molecule has 0 fully saturated rings. The molecule has 8 nitrogen and oxygen atoms in total. The highest BCUT2D eigenvalue weighted by atomic mass is 19.1. The Morgan fingerprint density at radius 1 is 1.08 bits per heavy atom. The number of halogens is 1. The molecule has 194 valence electrons. The van der Waals surface area contributed by atoms with Crippen molar-refractivity contribution >= 4 is 35.0 Å². The molecule has 3 N–H and O–H groups in total. The summed E-state index contributed by atoms with van der Waals surface area (Å²) in [5, 5.41) is 6.06. The SMILES string of the molecule is O=C(/C=C/c1ccccc1NCc1cnc[nH]1)NC1N=C(c2ccccc2F)c2cccc3c2N(CC3)C1=O. The zero-order chi connectivity index (χ0) is 26.8. The molecule has 3 heterocycles. The predicted molar refractivity (Wildman–Crippen MR) is 148 cm³/mol. The number of aromatic nitrogens is 2. The maximum atomic E-state index is 14.9. The normalized spacial score (nSPS) is 16.1. The first kappa shape index (κ1) is 24.3. The van der Waals surface area contributed by atoms with Crippen molar-refractivity contribution in [1.29, 1.82) is 0 Å². The van der Waals surface area contributed by atoms with E-state index in [0.717, 1.165) is 28.2 Å². The number of para-hydroxylation sites is 2. The minimum atomic E-state index is -1.20. The highest BCUT2D eigenvalue weighted by Crippen LogP contribution is 2.36. The molecule has 2 amide bonds. The fraction of sp³-hybridized carbons (Fsp3) is 0.133. The van der Waals surface area contributed by atoms with E-state index < -0.39 is 17.9 Å². The second-order valence-electron chi connectivity index (χ2n) is 9.27. The third-order valence-electron chi connectivity index (χ3n) is 6.81. The molecule has 0 bridgehead atoms. The Morgan fingerprint density at radius 2 is 1.90 bits per heavy atom. The fourth-order valence-electron chi connectivity index (χ4n) is 4.95. The van der Waals surface area contributed by atoms with Crippen LogP contribution in [0, 0.1) is 5.82 Å². The lowest BCUT2D eigenvalue weighted by Crippen LogP contribution is -2.46. The van der Waals surface area contributed by atoms with Crippen LogP contribution in [0.3, 0.4) is 0 Å². The Balaban J connectivity index is 1.28. The molecule has 0 radical (unpaired) electrons. The van der Waals surface area contributed by atoms with E-state index in [4.69, 9.17) is 0 Å². The fourth-order valence-corrected chi connectivity index (χ4v) is 4.95. The van der Waals surface area contributed by atoms with Gasteiger partial charge in [0, 0.05) is 35.6 Å². The first-order valence-electron chi connectivity index (χ1n) is 12.6. The first-order chi connectivity index (χ1) is 19.1. The molecule has 1 unspecified atom stereocenters. The Hall–Kier alpha value is -5.05. The number of hydrogen-bond donors (Lipinski definition) is 3. The van der Waals surface area contributed by atoms with E-state index in [-0.39, 0.29) is 11.5 Å². The molecule has 1 aromatic heterocycles. The van der Waals surface area contributed by atoms with Crippen LogP contribution in [-0.2, 0) is 22.6 Å². The van der Waals surface area contributed by atoms with Crippen LogP contribution < -0.4 is 15.5 Å². The summed E-state index contributed by atoms with van der Waals surface area (Å²) in [6.45, 7) is 1.02. The Labute approximate surface area is 224 Å². The van der Waals surface area contributed by atoms with Crippen molar-refractivity contribution in [1.82, 2.24) is 15.3 Å². The average Bonchev–Trinajstić information content (AvgIpc) is 3.62. The van der Waals surface area contributed by atoms with E-state index in [1.807, 2.05) is 42.5 Å². The van der Waals surface area contributed by atoms with Gasteiger partial charge in [0.15, 0.2) is 0 Å². The third-order valence-corrected chi connectivity index (χ3v) is 6.81. The largest absolute Gasteiger partial charge is 0.379 e. The second-order valence-corrected chi connectivity index (χ2v) is 9.27. The van der Waals surface area contributed by atoms with Gasteiger partial charge in [-0.3, -0.25) is 9.59 Å². The lowest BCUT2D eigenvalue weighted by atomic mass is 9.98. The van der Waals surface area contributed by atoms with E-state index in [9.17, 15) is 14.0 Å². The standard InChI is InChI=1S/C30H25FN6O2/c31-24-10-3-2-8-22(24)27-23-9-5-7-20-14-15-37(28(20)23)30(39)29(36-27)35-26(38)13-12-19-6-1-4-11-25(19)33-17-21-16-32-18-34-21/h1-13,16,18,29,33H,14-15,17H2,(H,32,34)(H,35,38)/b13-12+. The molecular formula is C30H25FN6O2. The molecule has 0 saturated heterocycles. The van der Waals surface area contributed by atoms with Gasteiger partial charge in [-0.25, -0.2) is 14.4 Å². The van der Waals surface area contributed by atoms with Gasteiger partial charge in [0.2, 0.25) is 12.1 Å². The lowest BCUT2D eigenvalue weighted by molar-refractivity contribution is -0.125. The van der Waals surface area contributed by atoms with Gasteiger partial charge in [-0.2, -0.15) is 0 Å². The van der Waals surface area contributed by atoms with Crippen LogP contribution in [0.1, 0.15) is 27.9 Å². The van der Waals surface area contributed by atoms with Crippen LogP contribution in [0.15, 0.2) is 90.3 Å². The van der Waals surface area contributed by atoms with E-state index in [1.54, 1.807) is 41.7 Å². The summed E-state index contributed by atoms with van der Waals surface area (Å²) in [5.74, 6) is -1.29. The van der Waals surface area contributed by atoms with E-state index in [0.29, 0.717) is 30.8 Å². The van der Waals surface area contributed by atoms with Gasteiger partial charge in [-0.1, -0.05) is 48.5 Å². The smallest absolute Gasteiger partial charge is 0.272 e. The number of nitrogens with one attached hydrogen (secondary N) is 3. The minimum absolute atomic E-state index is 0.277. The van der Waals surface area contributed by atoms with Crippen molar-refractivity contribution in [2.24, 2.45) is 4.99 Å². The van der Waals surface area contributed by atoms with Gasteiger partial charge < -0.3 is 20.5 Å². The summed E-state index contributed by atoms with van der Waals surface area (Å²) >= 11 is 0. The number of carbonyl (C=O) groups is 2. The molecule has 1 atom stereocenters. The maximum absolute atomic E-state index is 14.9. The van der Waals surface area contributed by atoms with E-state index in [1.165, 1.54) is 12.1 Å². The zero-order valence-corrected chi connectivity index (χ0v) is 20.9. The highest BCUT2D eigenvalue weighted by molar-refractivity contribution is 6.21. The van der Waals surface area contributed by atoms with Crippen LogP contribution in [0.4, 0.5) is 15.8 Å². The monoisotopic (exact) mass is 520 g/mol.